The zero-order valence-corrected chi connectivity index (χ0v) is 37.1. The molecule has 7 rings (SSSR count). The first-order valence-corrected chi connectivity index (χ1v) is 21.4. The van der Waals surface area contributed by atoms with Crippen molar-refractivity contribution in [3.63, 3.8) is 0 Å². The number of benzene rings is 3. The smallest absolute Gasteiger partial charge is 0.350 e. The van der Waals surface area contributed by atoms with Gasteiger partial charge in [-0.25, -0.2) is 9.59 Å². The zero-order chi connectivity index (χ0) is 47.2. The highest BCUT2D eigenvalue weighted by Crippen LogP contribution is 2.64. The van der Waals surface area contributed by atoms with E-state index in [-0.39, 0.29) is 35.3 Å². The third kappa shape index (κ3) is 8.12. The summed E-state index contributed by atoms with van der Waals surface area (Å²) in [4.78, 5) is 97.4. The highest BCUT2D eigenvalue weighted by Gasteiger charge is 2.78. The molecule has 2 bridgehead atoms. The van der Waals surface area contributed by atoms with E-state index in [1.165, 1.54) is 26.0 Å². The van der Waals surface area contributed by atoms with Crippen LogP contribution in [-0.2, 0) is 52.4 Å². The van der Waals surface area contributed by atoms with E-state index >= 15 is 4.79 Å². The maximum Gasteiger partial charge on any atom is 0.350 e. The van der Waals surface area contributed by atoms with Crippen molar-refractivity contribution in [2.45, 2.75) is 115 Å². The van der Waals surface area contributed by atoms with Gasteiger partial charge in [-0.3, -0.25) is 24.0 Å². The number of esters is 5. The number of amides is 1. The van der Waals surface area contributed by atoms with Crippen LogP contribution in [0.25, 0.3) is 0 Å². The summed E-state index contributed by atoms with van der Waals surface area (Å²) in [5, 5.41) is 28.7. The Hall–Kier alpha value is -6.23. The number of carbonyl (C=O) groups is 7. The van der Waals surface area contributed by atoms with Gasteiger partial charge in [-0.2, -0.15) is 0 Å². The van der Waals surface area contributed by atoms with Gasteiger partial charge in [0.15, 0.2) is 17.5 Å². The Bertz CT molecular complexity index is 2400. The molecule has 1 heterocycles. The molecule has 0 unspecified atom stereocenters. The maximum atomic E-state index is 15.6. The highest BCUT2D eigenvalue weighted by atomic mass is 16.6. The number of ether oxygens (including phenoxy) is 6. The number of hydrogen-bond acceptors (Lipinski definition) is 15. The monoisotopic (exact) mass is 895 g/mol. The Morgan fingerprint density at radius 1 is 0.785 bits per heavy atom. The zero-order valence-electron chi connectivity index (χ0n) is 37.1. The average molecular weight is 896 g/mol. The lowest BCUT2D eigenvalue weighted by atomic mass is 9.44. The molecule has 0 aromatic heterocycles. The summed E-state index contributed by atoms with van der Waals surface area (Å²) < 4.78 is 36.2. The van der Waals surface area contributed by atoms with Crippen LogP contribution in [0.3, 0.4) is 0 Å². The molecule has 16 heteroatoms. The average Bonchev–Trinajstić information content (AvgIpc) is 3.26. The van der Waals surface area contributed by atoms with Crippen LogP contribution in [0.5, 0.6) is 0 Å². The van der Waals surface area contributed by atoms with Gasteiger partial charge in [-0.05, 0) is 54.8 Å². The summed E-state index contributed by atoms with van der Waals surface area (Å²) >= 11 is 0. The van der Waals surface area contributed by atoms with Gasteiger partial charge >= 0.3 is 29.8 Å². The van der Waals surface area contributed by atoms with Crippen LogP contribution in [0, 0.1) is 16.7 Å². The number of aliphatic hydroxyl groups is 2. The fraction of sp³-hybridized carbons (Fsp3) is 0.449. The summed E-state index contributed by atoms with van der Waals surface area (Å²) in [7, 11) is 0. The van der Waals surface area contributed by atoms with Gasteiger partial charge in [0.25, 0.3) is 5.91 Å². The number of nitrogens with one attached hydrogen (secondary N) is 1. The molecule has 65 heavy (non-hydrogen) atoms. The van der Waals surface area contributed by atoms with E-state index in [1.54, 1.807) is 92.7 Å². The summed E-state index contributed by atoms with van der Waals surface area (Å²) in [6.45, 7) is 8.99. The maximum absolute atomic E-state index is 15.6. The second-order valence-corrected chi connectivity index (χ2v) is 17.9. The van der Waals surface area contributed by atoms with E-state index in [2.05, 4.69) is 5.32 Å². The van der Waals surface area contributed by atoms with E-state index < -0.39 is 119 Å². The number of rotatable bonds is 11. The van der Waals surface area contributed by atoms with Crippen molar-refractivity contribution in [2.75, 3.05) is 6.61 Å². The van der Waals surface area contributed by atoms with Gasteiger partial charge in [0.05, 0.1) is 29.6 Å². The Kier molecular flexibility index (Phi) is 12.7. The molecule has 16 nitrogen and oxygen atoms in total. The molecule has 1 aliphatic heterocycles. The fourth-order valence-corrected chi connectivity index (χ4v) is 10.5. The normalized spacial score (nSPS) is 30.8. The van der Waals surface area contributed by atoms with Gasteiger partial charge in [0.1, 0.15) is 30.0 Å². The molecule has 0 spiro atoms. The molecular formula is C49H53NO15. The highest BCUT2D eigenvalue weighted by molar-refractivity contribution is 5.96. The number of hydrogen-bond donors (Lipinski definition) is 3. The van der Waals surface area contributed by atoms with Crippen molar-refractivity contribution in [3.05, 3.63) is 119 Å². The first kappa shape index (κ1) is 46.8. The number of fused-ring (bicyclic) bond motifs is 5. The first-order chi connectivity index (χ1) is 30.7. The third-order valence-electron chi connectivity index (χ3n) is 13.8. The van der Waals surface area contributed by atoms with Crippen LogP contribution >= 0.6 is 0 Å². The quantitative estimate of drug-likeness (QED) is 0.139. The van der Waals surface area contributed by atoms with Crippen molar-refractivity contribution in [1.82, 2.24) is 5.32 Å². The van der Waals surface area contributed by atoms with Crippen LogP contribution < -0.4 is 5.32 Å². The minimum absolute atomic E-state index is 0.0218. The Morgan fingerprint density at radius 2 is 1.37 bits per heavy atom. The van der Waals surface area contributed by atoms with Gasteiger partial charge < -0.3 is 44.0 Å². The van der Waals surface area contributed by atoms with Crippen molar-refractivity contribution in [2.24, 2.45) is 16.7 Å². The van der Waals surface area contributed by atoms with Crippen LogP contribution in [0.2, 0.25) is 0 Å². The predicted molar refractivity (Wildman–Crippen MR) is 227 cm³/mol. The number of ketones is 1. The van der Waals surface area contributed by atoms with Crippen molar-refractivity contribution >= 4 is 41.5 Å². The second-order valence-electron chi connectivity index (χ2n) is 17.9. The van der Waals surface area contributed by atoms with Gasteiger partial charge in [-0.15, -0.1) is 0 Å². The van der Waals surface area contributed by atoms with Crippen molar-refractivity contribution < 1.29 is 72.2 Å². The minimum atomic E-state index is -2.43. The molecular weight excluding hydrogens is 843 g/mol. The van der Waals surface area contributed by atoms with Crippen molar-refractivity contribution in [1.29, 1.82) is 0 Å². The van der Waals surface area contributed by atoms with Crippen LogP contribution in [0.15, 0.2) is 102 Å². The summed E-state index contributed by atoms with van der Waals surface area (Å²) in [6.07, 6.45) is -10.5. The molecule has 3 aromatic rings. The molecule has 11 atom stereocenters. The lowest BCUT2D eigenvalue weighted by Gasteiger charge is -2.67. The van der Waals surface area contributed by atoms with Gasteiger partial charge in [0.2, 0.25) is 6.10 Å². The number of carbonyl (C=O) groups excluding carboxylic acids is 7. The molecule has 344 valence electrons. The number of aliphatic hydroxyl groups excluding tert-OH is 1. The second kappa shape index (κ2) is 17.6. The standard InChI is InChI=1S/C49H53NO15/c1-26-33(63-45(58)39(62-28(3)52)37(30-17-11-8-12-18-30)50-43(56)31-19-13-9-14-20-31)24-49(59)42(64-44(57)32-21-15-10-16-22-32)40-47(7,34(54)23-35-48(40,25-60-35)65-29(4)53)41(55)38(61-27(2)51)36(26)46(49,5)6/h8-22,33-35,37-40,42,54,59H,23-25H2,1-7H3,(H,50,56)/t33-,34-,35+,37-,38+,39+,40-,42-,47+,48-,49-/m0/s1. The van der Waals surface area contributed by atoms with E-state index in [9.17, 15) is 39.0 Å². The lowest BCUT2D eigenvalue weighted by molar-refractivity contribution is -0.346. The summed E-state index contributed by atoms with van der Waals surface area (Å²) in [5.41, 5.74) is -7.20. The fourth-order valence-electron chi connectivity index (χ4n) is 10.5. The Labute approximate surface area is 375 Å². The van der Waals surface area contributed by atoms with Gasteiger partial charge in [0, 0.05) is 44.6 Å². The third-order valence-corrected chi connectivity index (χ3v) is 13.8. The molecule has 1 amide bonds. The number of Topliss-reactive ketones (excluding diaryl/α,β-unsaturated/α-hetero) is 1. The first-order valence-electron chi connectivity index (χ1n) is 21.4. The van der Waals surface area contributed by atoms with Crippen LogP contribution in [-0.4, -0.2) is 106 Å². The Balaban J connectivity index is 1.42. The van der Waals surface area contributed by atoms with Gasteiger partial charge in [-0.1, -0.05) is 80.6 Å². The SMILES string of the molecule is CC(=O)O[C@H]1C(=O)[C@@]2(C)[C@H]([C@H](OC(=O)c3ccccc3)[C@@]3(O)C[C@H](OC(=O)[C@H](OC(C)=O)[C@@H](NC(=O)c4ccccc4)c4ccccc4)C(C)=C1C3(C)C)[C@]1(OC(C)=O)CO[C@@H]1C[C@@H]2O. The van der Waals surface area contributed by atoms with E-state index in [1.807, 2.05) is 0 Å². The Morgan fingerprint density at radius 3 is 1.91 bits per heavy atom. The van der Waals surface area contributed by atoms with Crippen LogP contribution in [0.4, 0.5) is 0 Å². The molecule has 2 saturated carbocycles. The molecule has 3 fully saturated rings. The molecule has 3 aromatic carbocycles. The van der Waals surface area contributed by atoms with E-state index in [0.29, 0.717) is 5.56 Å². The van der Waals surface area contributed by atoms with Crippen LogP contribution in [0.1, 0.15) is 93.6 Å². The molecule has 3 N–H and O–H groups in total. The molecule has 4 aliphatic rings. The largest absolute Gasteiger partial charge is 0.455 e. The molecule has 0 radical (unpaired) electrons. The predicted octanol–water partition coefficient (Wildman–Crippen LogP) is 4.31. The summed E-state index contributed by atoms with van der Waals surface area (Å²) in [6, 6.07) is 22.9. The molecule has 1 saturated heterocycles. The lowest BCUT2D eigenvalue weighted by Crippen LogP contribution is -2.82. The minimum Gasteiger partial charge on any atom is -0.455 e. The van der Waals surface area contributed by atoms with Crippen molar-refractivity contribution in [3.8, 4) is 0 Å². The van der Waals surface area contributed by atoms with E-state index in [4.69, 9.17) is 28.4 Å². The topological polar surface area (TPSA) is 227 Å². The summed E-state index contributed by atoms with van der Waals surface area (Å²) in [5.74, 6) is -7.79. The molecule has 3 aliphatic carbocycles. The van der Waals surface area contributed by atoms with E-state index in [0.717, 1.165) is 20.8 Å².